The van der Waals surface area contributed by atoms with Crippen LogP contribution in [-0.4, -0.2) is 56.7 Å². The highest BCUT2D eigenvalue weighted by molar-refractivity contribution is 5.88. The maximum absolute atomic E-state index is 13.0. The summed E-state index contributed by atoms with van der Waals surface area (Å²) >= 11 is 0. The van der Waals surface area contributed by atoms with Crippen LogP contribution in [0.4, 0.5) is 5.82 Å². The lowest BCUT2D eigenvalue weighted by Crippen LogP contribution is -2.51. The van der Waals surface area contributed by atoms with Crippen LogP contribution in [0.25, 0.3) is 16.7 Å². The van der Waals surface area contributed by atoms with E-state index in [9.17, 15) is 4.79 Å². The molecule has 32 heavy (non-hydrogen) atoms. The molecule has 2 fully saturated rings. The van der Waals surface area contributed by atoms with Crippen LogP contribution in [0.5, 0.6) is 0 Å². The molecule has 0 unspecified atom stereocenters. The summed E-state index contributed by atoms with van der Waals surface area (Å²) in [6.45, 7) is 5.27. The molecule has 5 rings (SSSR count). The number of hydrogen-bond donors (Lipinski definition) is 0. The predicted molar refractivity (Wildman–Crippen MR) is 126 cm³/mol. The Hall–Kier alpha value is -2.96. The maximum Gasteiger partial charge on any atom is 0.225 e. The summed E-state index contributed by atoms with van der Waals surface area (Å²) in [4.78, 5) is 27.2. The third-order valence-corrected chi connectivity index (χ3v) is 6.77. The summed E-state index contributed by atoms with van der Waals surface area (Å²) in [5, 5.41) is 5.62. The maximum atomic E-state index is 13.0. The minimum atomic E-state index is 0.237. The van der Waals surface area contributed by atoms with Crippen LogP contribution >= 0.6 is 0 Å². The average molecular weight is 433 g/mol. The van der Waals surface area contributed by atoms with E-state index < -0.39 is 0 Å². The second kappa shape index (κ2) is 9.27. The van der Waals surface area contributed by atoms with E-state index in [0.717, 1.165) is 80.2 Å². The van der Waals surface area contributed by atoms with Crippen molar-refractivity contribution in [1.82, 2.24) is 24.6 Å². The van der Waals surface area contributed by atoms with Gasteiger partial charge in [0.2, 0.25) is 5.91 Å². The number of nitrogens with zero attached hydrogens (tertiary/aromatic N) is 6. The lowest BCUT2D eigenvalue weighted by atomic mass is 9.88. The highest BCUT2D eigenvalue weighted by atomic mass is 16.2. The van der Waals surface area contributed by atoms with Gasteiger partial charge in [-0.15, -0.1) is 0 Å². The lowest BCUT2D eigenvalue weighted by molar-refractivity contribution is -0.136. The molecule has 3 aromatic rings. The summed E-state index contributed by atoms with van der Waals surface area (Å²) in [5.74, 6) is 2.40. The Kier molecular flexibility index (Phi) is 6.06. The highest BCUT2D eigenvalue weighted by Crippen LogP contribution is 2.29. The fourth-order valence-corrected chi connectivity index (χ4v) is 5.02. The summed E-state index contributed by atoms with van der Waals surface area (Å²) < 4.78 is 1.91. The van der Waals surface area contributed by atoms with Gasteiger partial charge in [0.1, 0.15) is 11.6 Å². The number of aromatic nitrogens is 4. The summed E-state index contributed by atoms with van der Waals surface area (Å²) in [5.41, 5.74) is 1.85. The largest absolute Gasteiger partial charge is 0.352 e. The second-order valence-corrected chi connectivity index (χ2v) is 8.99. The van der Waals surface area contributed by atoms with Crippen molar-refractivity contribution in [3.05, 3.63) is 42.4 Å². The molecule has 0 bridgehead atoms. The Balaban J connectivity index is 1.40. The Morgan fingerprint density at radius 2 is 1.75 bits per heavy atom. The third kappa shape index (κ3) is 4.08. The van der Waals surface area contributed by atoms with Gasteiger partial charge < -0.3 is 9.80 Å². The Bertz CT molecular complexity index is 1060. The average Bonchev–Trinajstić information content (AvgIpc) is 3.28. The van der Waals surface area contributed by atoms with Crippen LogP contribution in [0, 0.1) is 5.92 Å². The molecule has 0 N–H and O–H groups in total. The van der Waals surface area contributed by atoms with Crippen LogP contribution in [0.1, 0.15) is 51.3 Å². The van der Waals surface area contributed by atoms with E-state index in [0.29, 0.717) is 5.91 Å². The first-order valence-electron chi connectivity index (χ1n) is 12.1. The van der Waals surface area contributed by atoms with Crippen LogP contribution in [0.2, 0.25) is 0 Å². The smallest absolute Gasteiger partial charge is 0.225 e. The highest BCUT2D eigenvalue weighted by Gasteiger charge is 2.29. The van der Waals surface area contributed by atoms with E-state index in [1.54, 1.807) is 0 Å². The molecule has 7 nitrogen and oxygen atoms in total. The Morgan fingerprint density at radius 3 is 2.47 bits per heavy atom. The van der Waals surface area contributed by atoms with E-state index in [1.807, 2.05) is 41.2 Å². The molecule has 0 atom stereocenters. The number of aryl methyl sites for hydroxylation is 1. The number of amides is 1. The van der Waals surface area contributed by atoms with E-state index >= 15 is 0 Å². The first kappa shape index (κ1) is 20.9. The molecule has 2 aromatic heterocycles. The minimum Gasteiger partial charge on any atom is -0.352 e. The third-order valence-electron chi connectivity index (χ3n) is 6.77. The molecule has 7 heteroatoms. The zero-order valence-electron chi connectivity index (χ0n) is 18.9. The van der Waals surface area contributed by atoms with Gasteiger partial charge in [-0.2, -0.15) is 5.10 Å². The van der Waals surface area contributed by atoms with Crippen LogP contribution in [0.3, 0.4) is 0 Å². The van der Waals surface area contributed by atoms with Crippen molar-refractivity contribution in [3.63, 3.8) is 0 Å². The minimum absolute atomic E-state index is 0.237. The number of carbonyl (C=O) groups is 1. The van der Waals surface area contributed by atoms with Crippen molar-refractivity contribution in [1.29, 1.82) is 0 Å². The molecule has 1 aromatic carbocycles. The van der Waals surface area contributed by atoms with E-state index in [-0.39, 0.29) is 5.92 Å². The molecule has 1 saturated carbocycles. The van der Waals surface area contributed by atoms with Crippen LogP contribution < -0.4 is 4.90 Å². The zero-order chi connectivity index (χ0) is 21.9. The van der Waals surface area contributed by atoms with Crippen molar-refractivity contribution < 1.29 is 4.79 Å². The number of anilines is 1. The number of rotatable bonds is 5. The first-order chi connectivity index (χ1) is 15.7. The van der Waals surface area contributed by atoms with Gasteiger partial charge in [0.25, 0.3) is 0 Å². The van der Waals surface area contributed by atoms with Crippen molar-refractivity contribution in [2.24, 2.45) is 5.92 Å². The van der Waals surface area contributed by atoms with Crippen molar-refractivity contribution >= 4 is 22.8 Å². The van der Waals surface area contributed by atoms with E-state index in [1.165, 1.54) is 19.3 Å². The number of benzene rings is 1. The van der Waals surface area contributed by atoms with E-state index in [4.69, 9.17) is 9.97 Å². The zero-order valence-corrected chi connectivity index (χ0v) is 18.9. The number of hydrogen-bond acceptors (Lipinski definition) is 5. The van der Waals surface area contributed by atoms with Crippen molar-refractivity contribution in [2.45, 2.75) is 51.9 Å². The lowest BCUT2D eigenvalue weighted by Gasteiger charge is -2.37. The topological polar surface area (TPSA) is 67.2 Å². The molecule has 1 amide bonds. The van der Waals surface area contributed by atoms with Gasteiger partial charge in [-0.25, -0.2) is 14.6 Å². The van der Waals surface area contributed by atoms with Gasteiger partial charge in [-0.05, 0) is 31.4 Å². The Morgan fingerprint density at radius 1 is 1.00 bits per heavy atom. The van der Waals surface area contributed by atoms with Crippen LogP contribution in [0.15, 0.2) is 36.5 Å². The SMILES string of the molecule is CCCc1nc(N2CCN(C(=O)C3CCCCC3)CC2)c2cnn(-c3ccccc3)c2n1. The van der Waals surface area contributed by atoms with Crippen molar-refractivity contribution in [2.75, 3.05) is 31.1 Å². The number of para-hydroxylation sites is 1. The monoisotopic (exact) mass is 432 g/mol. The molecule has 0 radical (unpaired) electrons. The molecule has 1 saturated heterocycles. The normalized spacial score (nSPS) is 17.8. The van der Waals surface area contributed by atoms with E-state index in [2.05, 4.69) is 21.8 Å². The fraction of sp³-hybridized carbons (Fsp3) is 0.520. The quantitative estimate of drug-likeness (QED) is 0.610. The van der Waals surface area contributed by atoms with Gasteiger partial charge in [0.05, 0.1) is 17.3 Å². The molecular weight excluding hydrogens is 400 g/mol. The van der Waals surface area contributed by atoms with Gasteiger partial charge in [0, 0.05) is 38.5 Å². The Labute approximate surface area is 189 Å². The molecular formula is C25H32N6O. The van der Waals surface area contributed by atoms with Gasteiger partial charge in [0.15, 0.2) is 5.65 Å². The number of carbonyl (C=O) groups excluding carboxylic acids is 1. The van der Waals surface area contributed by atoms with Crippen LogP contribution in [-0.2, 0) is 11.2 Å². The summed E-state index contributed by atoms with van der Waals surface area (Å²) in [6.07, 6.45) is 9.50. The van der Waals surface area contributed by atoms with Gasteiger partial charge in [-0.3, -0.25) is 4.79 Å². The molecule has 1 aliphatic heterocycles. The van der Waals surface area contributed by atoms with Gasteiger partial charge in [-0.1, -0.05) is 44.4 Å². The summed E-state index contributed by atoms with van der Waals surface area (Å²) in [6, 6.07) is 10.1. The van der Waals surface area contributed by atoms with Crippen molar-refractivity contribution in [3.8, 4) is 5.69 Å². The summed E-state index contributed by atoms with van der Waals surface area (Å²) in [7, 11) is 0. The number of piperazine rings is 1. The predicted octanol–water partition coefficient (Wildman–Crippen LogP) is 4.00. The number of fused-ring (bicyclic) bond motifs is 1. The fourth-order valence-electron chi connectivity index (χ4n) is 5.02. The van der Waals surface area contributed by atoms with Gasteiger partial charge >= 0.3 is 0 Å². The standard InChI is InChI=1S/C25H32N6O/c1-2-9-22-27-23(21-18-26-31(24(21)28-22)20-12-7-4-8-13-20)29-14-16-30(17-15-29)25(32)19-10-5-3-6-11-19/h4,7-8,12-13,18-19H,2-3,5-6,9-11,14-17H2,1H3. The molecule has 168 valence electrons. The molecule has 3 heterocycles. The first-order valence-corrected chi connectivity index (χ1v) is 12.1. The second-order valence-electron chi connectivity index (χ2n) is 8.99. The molecule has 1 aliphatic carbocycles. The molecule has 0 spiro atoms. The molecule has 2 aliphatic rings.